The summed E-state index contributed by atoms with van der Waals surface area (Å²) in [5.41, 5.74) is 2.43. The second-order valence-electron chi connectivity index (χ2n) is 4.68. The number of hydrogen-bond donors (Lipinski definition) is 2. The van der Waals surface area contributed by atoms with Crippen LogP contribution in [0.1, 0.15) is 25.0 Å². The van der Waals surface area contributed by atoms with Gasteiger partial charge in [-0.3, -0.25) is 4.79 Å². The molecule has 1 rings (SSSR count). The van der Waals surface area contributed by atoms with Gasteiger partial charge in [0.15, 0.2) is 0 Å². The molecule has 0 fully saturated rings. The van der Waals surface area contributed by atoms with E-state index in [9.17, 15) is 4.79 Å². The summed E-state index contributed by atoms with van der Waals surface area (Å²) in [5, 5.41) is 2.87. The molecular weight excluding hydrogens is 218 g/mol. The van der Waals surface area contributed by atoms with Crippen molar-refractivity contribution < 1.29 is 4.79 Å². The molecule has 2 nitrogen and oxygen atoms in total. The van der Waals surface area contributed by atoms with Crippen LogP contribution in [-0.2, 0) is 10.2 Å². The molecule has 0 saturated heterocycles. The Morgan fingerprint density at radius 3 is 2.38 bits per heavy atom. The second kappa shape index (κ2) is 5.39. The first-order valence-corrected chi connectivity index (χ1v) is 6.03. The van der Waals surface area contributed by atoms with E-state index in [2.05, 4.69) is 63.0 Å². The number of nitrogens with one attached hydrogen (secondary N) is 1. The number of thiol groups is 1. The highest BCUT2D eigenvalue weighted by Gasteiger charge is 2.20. The molecule has 0 aliphatic heterocycles. The average molecular weight is 237 g/mol. The highest BCUT2D eigenvalue weighted by atomic mass is 32.1. The zero-order chi connectivity index (χ0) is 12.2. The summed E-state index contributed by atoms with van der Waals surface area (Å²) < 4.78 is 0. The largest absolute Gasteiger partial charge is 0.355 e. The van der Waals surface area contributed by atoms with Crippen LogP contribution in [0.25, 0.3) is 0 Å². The molecule has 0 radical (unpaired) electrons. The van der Waals surface area contributed by atoms with E-state index in [1.54, 1.807) is 0 Å². The molecular formula is C13H19NOS. The molecule has 16 heavy (non-hydrogen) atoms. The van der Waals surface area contributed by atoms with Crippen molar-refractivity contribution in [1.82, 2.24) is 5.32 Å². The van der Waals surface area contributed by atoms with Crippen molar-refractivity contribution in [3.8, 4) is 0 Å². The third-order valence-electron chi connectivity index (χ3n) is 2.70. The zero-order valence-electron chi connectivity index (χ0n) is 10.1. The Morgan fingerprint density at radius 1 is 1.31 bits per heavy atom. The molecule has 1 amide bonds. The predicted molar refractivity (Wildman–Crippen MR) is 71.1 cm³/mol. The first-order chi connectivity index (χ1) is 7.45. The van der Waals surface area contributed by atoms with Gasteiger partial charge in [-0.1, -0.05) is 43.7 Å². The second-order valence-corrected chi connectivity index (χ2v) is 5.00. The van der Waals surface area contributed by atoms with E-state index in [0.29, 0.717) is 6.54 Å². The summed E-state index contributed by atoms with van der Waals surface area (Å²) in [4.78, 5) is 11.2. The van der Waals surface area contributed by atoms with E-state index in [4.69, 9.17) is 0 Å². The number of amides is 1. The van der Waals surface area contributed by atoms with Crippen LogP contribution in [0.15, 0.2) is 24.3 Å². The number of carbonyl (C=O) groups excluding carboxylic acids is 1. The first kappa shape index (κ1) is 13.1. The molecule has 0 heterocycles. The fraction of sp³-hybridized carbons (Fsp3) is 0.462. The van der Waals surface area contributed by atoms with Gasteiger partial charge in [-0.25, -0.2) is 0 Å². The van der Waals surface area contributed by atoms with Crippen molar-refractivity contribution >= 4 is 18.5 Å². The Morgan fingerprint density at radius 2 is 1.88 bits per heavy atom. The number of rotatable bonds is 4. The Labute approximate surface area is 103 Å². The molecule has 0 aromatic heterocycles. The fourth-order valence-corrected chi connectivity index (χ4v) is 1.59. The van der Waals surface area contributed by atoms with E-state index >= 15 is 0 Å². The van der Waals surface area contributed by atoms with E-state index < -0.39 is 0 Å². The molecule has 0 unspecified atom stereocenters. The van der Waals surface area contributed by atoms with Gasteiger partial charge < -0.3 is 5.32 Å². The molecule has 88 valence electrons. The van der Waals surface area contributed by atoms with Crippen molar-refractivity contribution in [2.24, 2.45) is 0 Å². The van der Waals surface area contributed by atoms with Gasteiger partial charge in [0.2, 0.25) is 5.91 Å². The van der Waals surface area contributed by atoms with Crippen molar-refractivity contribution in [2.75, 3.05) is 12.3 Å². The van der Waals surface area contributed by atoms with Gasteiger partial charge in [-0.2, -0.15) is 12.6 Å². The van der Waals surface area contributed by atoms with E-state index in [1.165, 1.54) is 11.1 Å². The van der Waals surface area contributed by atoms with Gasteiger partial charge in [0, 0.05) is 12.0 Å². The zero-order valence-corrected chi connectivity index (χ0v) is 11.0. The van der Waals surface area contributed by atoms with Gasteiger partial charge in [0.25, 0.3) is 0 Å². The third kappa shape index (κ3) is 3.56. The van der Waals surface area contributed by atoms with Gasteiger partial charge in [0.1, 0.15) is 0 Å². The minimum atomic E-state index is -0.0493. The Hall–Kier alpha value is -0.960. The topological polar surface area (TPSA) is 29.1 Å². The lowest BCUT2D eigenvalue weighted by molar-refractivity contribution is -0.118. The summed E-state index contributed by atoms with van der Waals surface area (Å²) in [7, 11) is 0. The van der Waals surface area contributed by atoms with Gasteiger partial charge >= 0.3 is 0 Å². The summed E-state index contributed by atoms with van der Waals surface area (Å²) in [5.74, 6) is 0.216. The Kier molecular flexibility index (Phi) is 4.42. The monoisotopic (exact) mass is 237 g/mol. The van der Waals surface area contributed by atoms with Crippen LogP contribution in [0.2, 0.25) is 0 Å². The van der Waals surface area contributed by atoms with Gasteiger partial charge in [-0.15, -0.1) is 0 Å². The molecule has 0 saturated carbocycles. The summed E-state index contributed by atoms with van der Waals surface area (Å²) in [6, 6.07) is 8.42. The van der Waals surface area contributed by atoms with Crippen LogP contribution >= 0.6 is 12.6 Å². The SMILES string of the molecule is Cc1ccc(C(C)(C)CNC(=O)CS)cc1. The average Bonchev–Trinajstić information content (AvgIpc) is 2.26. The molecule has 0 atom stereocenters. The number of aryl methyl sites for hydroxylation is 1. The quantitative estimate of drug-likeness (QED) is 0.773. The van der Waals surface area contributed by atoms with Crippen molar-refractivity contribution in [1.29, 1.82) is 0 Å². The molecule has 0 spiro atoms. The van der Waals surface area contributed by atoms with Crippen LogP contribution in [0.4, 0.5) is 0 Å². The van der Waals surface area contributed by atoms with Crippen LogP contribution in [-0.4, -0.2) is 18.2 Å². The lowest BCUT2D eigenvalue weighted by Crippen LogP contribution is -2.37. The minimum Gasteiger partial charge on any atom is -0.355 e. The van der Waals surface area contributed by atoms with Crippen LogP contribution in [0.3, 0.4) is 0 Å². The van der Waals surface area contributed by atoms with Crippen molar-refractivity contribution in [2.45, 2.75) is 26.2 Å². The van der Waals surface area contributed by atoms with Crippen molar-refractivity contribution in [3.05, 3.63) is 35.4 Å². The smallest absolute Gasteiger partial charge is 0.229 e. The lowest BCUT2D eigenvalue weighted by Gasteiger charge is -2.25. The minimum absolute atomic E-state index is 0.0245. The van der Waals surface area contributed by atoms with Crippen LogP contribution < -0.4 is 5.32 Å². The Bertz CT molecular complexity index is 357. The number of carbonyl (C=O) groups is 1. The van der Waals surface area contributed by atoms with Crippen molar-refractivity contribution in [3.63, 3.8) is 0 Å². The predicted octanol–water partition coefficient (Wildman–Crippen LogP) is 2.32. The maximum atomic E-state index is 11.2. The summed E-state index contributed by atoms with van der Waals surface area (Å²) >= 11 is 3.93. The highest BCUT2D eigenvalue weighted by molar-refractivity contribution is 7.81. The van der Waals surface area contributed by atoms with E-state index in [-0.39, 0.29) is 17.1 Å². The summed E-state index contributed by atoms with van der Waals surface area (Å²) in [6.45, 7) is 6.95. The van der Waals surface area contributed by atoms with E-state index in [0.717, 1.165) is 0 Å². The summed E-state index contributed by atoms with van der Waals surface area (Å²) in [6.07, 6.45) is 0. The fourth-order valence-electron chi connectivity index (χ4n) is 1.48. The lowest BCUT2D eigenvalue weighted by atomic mass is 9.84. The molecule has 0 bridgehead atoms. The molecule has 3 heteroatoms. The molecule has 1 aromatic rings. The maximum Gasteiger partial charge on any atom is 0.229 e. The van der Waals surface area contributed by atoms with Crippen LogP contribution in [0.5, 0.6) is 0 Å². The molecule has 0 aliphatic rings. The van der Waals surface area contributed by atoms with Gasteiger partial charge in [0.05, 0.1) is 5.75 Å². The molecule has 1 aromatic carbocycles. The molecule has 0 aliphatic carbocycles. The standard InChI is InChI=1S/C13H19NOS/c1-10-4-6-11(7-5-10)13(2,3)9-14-12(15)8-16/h4-7,16H,8-9H2,1-3H3,(H,14,15). The number of hydrogen-bond acceptors (Lipinski definition) is 2. The van der Waals surface area contributed by atoms with E-state index in [1.807, 2.05) is 0 Å². The van der Waals surface area contributed by atoms with Gasteiger partial charge in [-0.05, 0) is 12.5 Å². The molecule has 1 N–H and O–H groups in total. The maximum absolute atomic E-state index is 11.2. The highest BCUT2D eigenvalue weighted by Crippen LogP contribution is 2.22. The number of benzene rings is 1. The first-order valence-electron chi connectivity index (χ1n) is 5.40. The third-order valence-corrected chi connectivity index (χ3v) is 2.99. The Balaban J connectivity index is 2.69. The van der Waals surface area contributed by atoms with Crippen LogP contribution in [0, 0.1) is 6.92 Å². The normalized spacial score (nSPS) is 11.2.